The van der Waals surface area contributed by atoms with E-state index in [1.54, 1.807) is 18.6 Å². The van der Waals surface area contributed by atoms with Crippen LogP contribution < -0.4 is 4.90 Å². The van der Waals surface area contributed by atoms with Crippen LogP contribution in [0.15, 0.2) is 55.0 Å². The minimum atomic E-state index is -0.471. The molecule has 3 aromatic rings. The minimum absolute atomic E-state index is 0.0370. The molecule has 0 aliphatic carbocycles. The summed E-state index contributed by atoms with van der Waals surface area (Å²) in [6.07, 6.45) is 5.30. The Morgan fingerprint density at radius 1 is 1.08 bits per heavy atom. The summed E-state index contributed by atoms with van der Waals surface area (Å²) in [6, 6.07) is 12.2. The maximum absolute atomic E-state index is 6.41. The zero-order valence-electron chi connectivity index (χ0n) is 13.0. The number of rotatable bonds is 2. The van der Waals surface area contributed by atoms with Crippen LogP contribution in [0.4, 0.5) is 5.95 Å². The van der Waals surface area contributed by atoms with Crippen molar-refractivity contribution >= 4 is 5.95 Å². The van der Waals surface area contributed by atoms with Crippen LogP contribution in [-0.2, 0) is 16.9 Å². The molecule has 2 aliphatic rings. The first-order valence-electron chi connectivity index (χ1n) is 7.97. The van der Waals surface area contributed by atoms with E-state index >= 15 is 0 Å². The van der Waals surface area contributed by atoms with Crippen LogP contribution in [0.5, 0.6) is 0 Å². The van der Waals surface area contributed by atoms with Crippen molar-refractivity contribution in [1.82, 2.24) is 25.0 Å². The third-order valence-corrected chi connectivity index (χ3v) is 4.88. The number of hydrogen-bond acceptors (Lipinski definition) is 6. The highest BCUT2D eigenvalue weighted by Crippen LogP contribution is 2.47. The van der Waals surface area contributed by atoms with Crippen molar-refractivity contribution in [2.24, 2.45) is 0 Å². The first kappa shape index (κ1) is 13.6. The van der Waals surface area contributed by atoms with Gasteiger partial charge in [-0.15, -0.1) is 5.10 Å². The molecule has 0 radical (unpaired) electrons. The van der Waals surface area contributed by atoms with Gasteiger partial charge in [0.2, 0.25) is 5.95 Å². The summed E-state index contributed by atoms with van der Waals surface area (Å²) in [5.41, 5.74) is 1.68. The molecular weight excluding hydrogens is 304 g/mol. The third kappa shape index (κ3) is 1.88. The molecule has 5 rings (SSSR count). The van der Waals surface area contributed by atoms with Crippen molar-refractivity contribution in [1.29, 1.82) is 0 Å². The van der Waals surface area contributed by atoms with E-state index in [1.165, 1.54) is 0 Å². The number of aromatic nitrogens is 5. The summed E-state index contributed by atoms with van der Waals surface area (Å²) in [5, 5.41) is 8.39. The predicted molar refractivity (Wildman–Crippen MR) is 86.2 cm³/mol. The van der Waals surface area contributed by atoms with Crippen molar-refractivity contribution in [3.63, 3.8) is 0 Å². The van der Waals surface area contributed by atoms with Crippen LogP contribution >= 0.6 is 0 Å². The molecule has 7 nitrogen and oxygen atoms in total. The molecular formula is C17H16N6O. The molecule has 1 saturated heterocycles. The van der Waals surface area contributed by atoms with Gasteiger partial charge in [-0.3, -0.25) is 0 Å². The van der Waals surface area contributed by atoms with Gasteiger partial charge in [-0.2, -0.15) is 0 Å². The van der Waals surface area contributed by atoms with E-state index < -0.39 is 5.60 Å². The lowest BCUT2D eigenvalue weighted by molar-refractivity contribution is -0.0994. The van der Waals surface area contributed by atoms with E-state index in [9.17, 15) is 0 Å². The summed E-state index contributed by atoms with van der Waals surface area (Å²) in [5.74, 6) is 0.715. The van der Waals surface area contributed by atoms with E-state index in [2.05, 4.69) is 37.3 Å². The minimum Gasteiger partial charge on any atom is -0.360 e. The van der Waals surface area contributed by atoms with Gasteiger partial charge in [0.15, 0.2) is 0 Å². The summed E-state index contributed by atoms with van der Waals surface area (Å²) in [4.78, 5) is 11.0. The number of benzene rings is 1. The Hall–Kier alpha value is -2.80. The quantitative estimate of drug-likeness (QED) is 0.714. The number of fused-ring (bicyclic) bond motifs is 3. The van der Waals surface area contributed by atoms with Gasteiger partial charge in [0.1, 0.15) is 11.6 Å². The van der Waals surface area contributed by atoms with Crippen LogP contribution in [0.3, 0.4) is 0 Å². The average Bonchev–Trinajstić information content (AvgIpc) is 3.28. The van der Waals surface area contributed by atoms with Crippen LogP contribution in [-0.4, -0.2) is 38.1 Å². The maximum atomic E-state index is 6.41. The molecule has 120 valence electrons. The van der Waals surface area contributed by atoms with Gasteiger partial charge in [0.05, 0.1) is 25.0 Å². The van der Waals surface area contributed by atoms with Gasteiger partial charge in [-0.1, -0.05) is 35.5 Å². The Morgan fingerprint density at radius 2 is 1.92 bits per heavy atom. The van der Waals surface area contributed by atoms with Gasteiger partial charge < -0.3 is 9.64 Å². The van der Waals surface area contributed by atoms with Gasteiger partial charge in [-0.05, 0) is 11.6 Å². The average molecular weight is 320 g/mol. The SMILES string of the molecule is c1ccc(C23CN(c4ncccn4)CC2n2nncc2CO3)cc1. The first-order chi connectivity index (χ1) is 11.9. The largest absolute Gasteiger partial charge is 0.360 e. The molecule has 7 heteroatoms. The van der Waals surface area contributed by atoms with Crippen LogP contribution in [0.1, 0.15) is 17.3 Å². The lowest BCUT2D eigenvalue weighted by Crippen LogP contribution is -2.43. The molecule has 2 unspecified atom stereocenters. The lowest BCUT2D eigenvalue weighted by Gasteiger charge is -2.38. The molecule has 0 N–H and O–H groups in total. The second kappa shape index (κ2) is 5.10. The molecule has 0 saturated carbocycles. The van der Waals surface area contributed by atoms with Crippen molar-refractivity contribution < 1.29 is 4.74 Å². The van der Waals surface area contributed by atoms with Gasteiger partial charge in [-0.25, -0.2) is 14.6 Å². The second-order valence-corrected chi connectivity index (χ2v) is 6.16. The van der Waals surface area contributed by atoms with Gasteiger partial charge >= 0.3 is 0 Å². The number of hydrogen-bond donors (Lipinski definition) is 0. The Balaban J connectivity index is 1.63. The van der Waals surface area contributed by atoms with E-state index in [0.717, 1.165) is 17.8 Å². The topological polar surface area (TPSA) is 69.0 Å². The Morgan fingerprint density at radius 3 is 2.75 bits per heavy atom. The number of nitrogens with zero attached hydrogens (tertiary/aromatic N) is 6. The highest BCUT2D eigenvalue weighted by molar-refractivity contribution is 5.40. The van der Waals surface area contributed by atoms with E-state index in [1.807, 2.05) is 28.9 Å². The Kier molecular flexibility index (Phi) is 2.90. The molecule has 0 bridgehead atoms. The Labute approximate surface area is 138 Å². The van der Waals surface area contributed by atoms with Gasteiger partial charge in [0.25, 0.3) is 0 Å². The molecule has 24 heavy (non-hydrogen) atoms. The summed E-state index contributed by atoms with van der Waals surface area (Å²) >= 11 is 0. The zero-order chi connectivity index (χ0) is 16.0. The fraction of sp³-hybridized carbons (Fsp3) is 0.294. The summed E-state index contributed by atoms with van der Waals surface area (Å²) in [6.45, 7) is 1.92. The maximum Gasteiger partial charge on any atom is 0.225 e. The van der Waals surface area contributed by atoms with Crippen LogP contribution in [0.25, 0.3) is 0 Å². The molecule has 4 heterocycles. The van der Waals surface area contributed by atoms with Crippen molar-refractivity contribution in [3.8, 4) is 0 Å². The van der Waals surface area contributed by atoms with Crippen molar-refractivity contribution in [2.75, 3.05) is 18.0 Å². The molecule has 2 atom stereocenters. The normalized spacial score (nSPS) is 25.3. The lowest BCUT2D eigenvalue weighted by atomic mass is 9.87. The van der Waals surface area contributed by atoms with Crippen molar-refractivity contribution in [3.05, 3.63) is 66.2 Å². The molecule has 2 aromatic heterocycles. The monoisotopic (exact) mass is 320 g/mol. The van der Waals surface area contributed by atoms with E-state index in [0.29, 0.717) is 19.1 Å². The highest BCUT2D eigenvalue weighted by atomic mass is 16.5. The van der Waals surface area contributed by atoms with E-state index in [4.69, 9.17) is 4.74 Å². The smallest absolute Gasteiger partial charge is 0.225 e. The fourth-order valence-corrected chi connectivity index (χ4v) is 3.75. The standard InChI is InChI=1S/C17H16N6O/c1-2-5-13(6-3-1)17-12-22(16-18-7-4-8-19-16)10-15(17)23-14(11-24-17)9-20-21-23/h1-9,15H,10-12H2. The summed E-state index contributed by atoms with van der Waals surface area (Å²) in [7, 11) is 0. The molecule has 0 amide bonds. The first-order valence-corrected chi connectivity index (χ1v) is 7.97. The zero-order valence-corrected chi connectivity index (χ0v) is 13.0. The Bertz CT molecular complexity index is 852. The second-order valence-electron chi connectivity index (χ2n) is 6.16. The molecule has 0 spiro atoms. The van der Waals surface area contributed by atoms with Crippen LogP contribution in [0.2, 0.25) is 0 Å². The molecule has 1 fully saturated rings. The molecule has 1 aromatic carbocycles. The number of anilines is 1. The summed E-state index contributed by atoms with van der Waals surface area (Å²) < 4.78 is 8.41. The van der Waals surface area contributed by atoms with E-state index in [-0.39, 0.29) is 6.04 Å². The highest BCUT2D eigenvalue weighted by Gasteiger charge is 2.54. The van der Waals surface area contributed by atoms with Crippen molar-refractivity contribution in [2.45, 2.75) is 18.2 Å². The fourth-order valence-electron chi connectivity index (χ4n) is 3.75. The third-order valence-electron chi connectivity index (χ3n) is 4.88. The van der Waals surface area contributed by atoms with Crippen LogP contribution in [0, 0.1) is 0 Å². The number of ether oxygens (including phenoxy) is 1. The van der Waals surface area contributed by atoms with Gasteiger partial charge in [0, 0.05) is 18.9 Å². The molecule has 2 aliphatic heterocycles. The predicted octanol–water partition coefficient (Wildman–Crippen LogP) is 1.56.